The Morgan fingerprint density at radius 3 is 2.60 bits per heavy atom. The van der Waals surface area contributed by atoms with E-state index in [0.717, 1.165) is 49.7 Å². The lowest BCUT2D eigenvalue weighted by Crippen LogP contribution is -2.46. The summed E-state index contributed by atoms with van der Waals surface area (Å²) in [6.07, 6.45) is 9.51. The van der Waals surface area contributed by atoms with E-state index in [9.17, 15) is 5.11 Å². The molecule has 3 heterocycles. The Morgan fingerprint density at radius 1 is 1.13 bits per heavy atom. The van der Waals surface area contributed by atoms with E-state index in [1.807, 2.05) is 19.2 Å². The Balaban J connectivity index is 0.00000256. The third kappa shape index (κ3) is 4.92. The van der Waals surface area contributed by atoms with E-state index < -0.39 is 0 Å². The van der Waals surface area contributed by atoms with Crippen LogP contribution in [-0.4, -0.2) is 62.5 Å². The maximum atomic E-state index is 10.1. The van der Waals surface area contributed by atoms with Crippen molar-refractivity contribution in [1.29, 1.82) is 0 Å². The SMILES string of the molecule is Cc1c(C=CCN2CCN(c3cc(Cl)ccc3O)CC2)cnn1-c1ncccn1.Cl. The van der Waals surface area contributed by atoms with Gasteiger partial charge in [-0.3, -0.25) is 4.90 Å². The van der Waals surface area contributed by atoms with Gasteiger partial charge in [0.2, 0.25) is 0 Å². The van der Waals surface area contributed by atoms with Gasteiger partial charge in [-0.05, 0) is 31.2 Å². The zero-order valence-corrected chi connectivity index (χ0v) is 18.2. The molecule has 1 saturated heterocycles. The molecule has 0 atom stereocenters. The Bertz CT molecular complexity index is 1000. The summed E-state index contributed by atoms with van der Waals surface area (Å²) in [5.41, 5.74) is 2.87. The van der Waals surface area contributed by atoms with Crippen molar-refractivity contribution >= 4 is 35.8 Å². The molecule has 3 aromatic rings. The van der Waals surface area contributed by atoms with Crippen LogP contribution in [0.4, 0.5) is 5.69 Å². The standard InChI is InChI=1S/C21H23ClN6O.ClH/c1-16-17(15-25-28(16)21-23-7-3-8-24-21)4-2-9-26-10-12-27(13-11-26)19-14-18(22)5-6-20(19)29;/h2-8,14-15,29H,9-13H2,1H3;1H. The lowest BCUT2D eigenvalue weighted by molar-refractivity contribution is 0.283. The van der Waals surface area contributed by atoms with Gasteiger partial charge in [-0.15, -0.1) is 12.4 Å². The quantitative estimate of drug-likeness (QED) is 0.645. The van der Waals surface area contributed by atoms with Gasteiger partial charge >= 0.3 is 0 Å². The first-order valence-corrected chi connectivity index (χ1v) is 9.94. The van der Waals surface area contributed by atoms with Crippen LogP contribution in [0.3, 0.4) is 0 Å². The van der Waals surface area contributed by atoms with Crippen LogP contribution in [0.5, 0.6) is 5.75 Å². The number of benzene rings is 1. The average Bonchev–Trinajstić information content (AvgIpc) is 3.11. The molecule has 2 aromatic heterocycles. The molecule has 1 fully saturated rings. The fourth-order valence-electron chi connectivity index (χ4n) is 3.44. The molecule has 1 aliphatic heterocycles. The maximum absolute atomic E-state index is 10.1. The third-order valence-corrected chi connectivity index (χ3v) is 5.34. The van der Waals surface area contributed by atoms with Crippen molar-refractivity contribution in [2.45, 2.75) is 6.92 Å². The van der Waals surface area contributed by atoms with Crippen molar-refractivity contribution in [3.8, 4) is 11.7 Å². The second-order valence-electron chi connectivity index (χ2n) is 6.97. The Hall–Kier alpha value is -2.61. The van der Waals surface area contributed by atoms with Gasteiger partial charge in [0.25, 0.3) is 5.95 Å². The number of anilines is 1. The summed E-state index contributed by atoms with van der Waals surface area (Å²) in [6, 6.07) is 6.96. The number of phenols is 1. The second-order valence-corrected chi connectivity index (χ2v) is 7.41. The third-order valence-electron chi connectivity index (χ3n) is 5.10. The lowest BCUT2D eigenvalue weighted by Gasteiger charge is -2.35. The van der Waals surface area contributed by atoms with Crippen molar-refractivity contribution in [2.75, 3.05) is 37.6 Å². The molecule has 1 N–H and O–H groups in total. The molecule has 1 aliphatic rings. The second kappa shape index (κ2) is 9.93. The molecular weight excluding hydrogens is 423 g/mol. The highest BCUT2D eigenvalue weighted by Crippen LogP contribution is 2.30. The predicted octanol–water partition coefficient (Wildman–Crippen LogP) is 3.59. The van der Waals surface area contributed by atoms with Gasteiger partial charge in [0.05, 0.1) is 17.6 Å². The number of hydrogen-bond donors (Lipinski definition) is 1. The van der Waals surface area contributed by atoms with E-state index >= 15 is 0 Å². The molecule has 0 spiro atoms. The molecule has 0 amide bonds. The zero-order valence-electron chi connectivity index (χ0n) is 16.6. The number of aromatic hydroxyl groups is 1. The molecule has 0 saturated carbocycles. The van der Waals surface area contributed by atoms with E-state index in [2.05, 4.69) is 37.0 Å². The molecule has 30 heavy (non-hydrogen) atoms. The number of aromatic nitrogens is 4. The van der Waals surface area contributed by atoms with Crippen LogP contribution >= 0.6 is 24.0 Å². The van der Waals surface area contributed by atoms with Crippen LogP contribution in [0.2, 0.25) is 5.02 Å². The van der Waals surface area contributed by atoms with Crippen molar-refractivity contribution in [3.63, 3.8) is 0 Å². The number of phenolic OH excluding ortho intramolecular Hbond substituents is 1. The highest BCUT2D eigenvalue weighted by molar-refractivity contribution is 6.30. The minimum Gasteiger partial charge on any atom is -0.506 e. The summed E-state index contributed by atoms with van der Waals surface area (Å²) in [7, 11) is 0. The molecular formula is C21H24Cl2N6O. The van der Waals surface area contributed by atoms with E-state index in [-0.39, 0.29) is 18.2 Å². The van der Waals surface area contributed by atoms with E-state index in [4.69, 9.17) is 11.6 Å². The molecule has 158 valence electrons. The lowest BCUT2D eigenvalue weighted by atomic mass is 10.2. The number of hydrogen-bond acceptors (Lipinski definition) is 6. The van der Waals surface area contributed by atoms with Crippen LogP contribution < -0.4 is 4.90 Å². The van der Waals surface area contributed by atoms with Crippen molar-refractivity contribution in [3.05, 3.63) is 65.2 Å². The van der Waals surface area contributed by atoms with Crippen molar-refractivity contribution in [2.24, 2.45) is 0 Å². The summed E-state index contributed by atoms with van der Waals surface area (Å²) in [5, 5.41) is 15.1. The number of halogens is 2. The topological polar surface area (TPSA) is 70.3 Å². The molecule has 1 aromatic carbocycles. The Morgan fingerprint density at radius 2 is 1.87 bits per heavy atom. The summed E-state index contributed by atoms with van der Waals surface area (Å²) in [5.74, 6) is 0.850. The average molecular weight is 447 g/mol. The Labute approximate surface area is 187 Å². The van der Waals surface area contributed by atoms with Crippen LogP contribution in [0, 0.1) is 6.92 Å². The summed E-state index contributed by atoms with van der Waals surface area (Å²) < 4.78 is 1.75. The van der Waals surface area contributed by atoms with Gasteiger partial charge in [0, 0.05) is 55.7 Å². The van der Waals surface area contributed by atoms with Gasteiger partial charge in [-0.2, -0.15) is 5.10 Å². The summed E-state index contributed by atoms with van der Waals surface area (Å²) in [6.45, 7) is 6.42. The molecule has 4 rings (SSSR count). The highest BCUT2D eigenvalue weighted by atomic mass is 35.5. The molecule has 7 nitrogen and oxygen atoms in total. The summed E-state index contributed by atoms with van der Waals surface area (Å²) in [4.78, 5) is 13.1. The molecule has 0 bridgehead atoms. The van der Waals surface area contributed by atoms with Crippen LogP contribution in [-0.2, 0) is 0 Å². The number of piperazine rings is 1. The largest absolute Gasteiger partial charge is 0.506 e. The van der Waals surface area contributed by atoms with Gasteiger partial charge in [-0.1, -0.05) is 23.8 Å². The number of nitrogens with zero attached hydrogens (tertiary/aromatic N) is 6. The molecule has 0 unspecified atom stereocenters. The zero-order chi connectivity index (χ0) is 20.2. The normalized spacial score (nSPS) is 14.8. The van der Waals surface area contributed by atoms with Gasteiger partial charge < -0.3 is 10.0 Å². The van der Waals surface area contributed by atoms with E-state index in [1.165, 1.54) is 0 Å². The monoisotopic (exact) mass is 446 g/mol. The molecule has 0 aliphatic carbocycles. The van der Waals surface area contributed by atoms with E-state index in [1.54, 1.807) is 35.3 Å². The van der Waals surface area contributed by atoms with Gasteiger partial charge in [0.1, 0.15) is 5.75 Å². The fraction of sp³-hybridized carbons (Fsp3) is 0.286. The summed E-state index contributed by atoms with van der Waals surface area (Å²) >= 11 is 6.07. The predicted molar refractivity (Wildman–Crippen MR) is 122 cm³/mol. The van der Waals surface area contributed by atoms with Crippen LogP contribution in [0.1, 0.15) is 11.3 Å². The first-order chi connectivity index (χ1) is 14.1. The molecule has 9 heteroatoms. The fourth-order valence-corrected chi connectivity index (χ4v) is 3.60. The van der Waals surface area contributed by atoms with E-state index in [0.29, 0.717) is 11.0 Å². The van der Waals surface area contributed by atoms with Gasteiger partial charge in [0.15, 0.2) is 0 Å². The highest BCUT2D eigenvalue weighted by Gasteiger charge is 2.19. The Kier molecular flexibility index (Phi) is 7.31. The number of rotatable bonds is 5. The van der Waals surface area contributed by atoms with Crippen LogP contribution in [0.15, 0.2) is 48.9 Å². The minimum absolute atomic E-state index is 0. The first kappa shape index (κ1) is 22.1. The molecule has 0 radical (unpaired) electrons. The minimum atomic E-state index is 0. The maximum Gasteiger partial charge on any atom is 0.250 e. The first-order valence-electron chi connectivity index (χ1n) is 9.56. The van der Waals surface area contributed by atoms with Crippen molar-refractivity contribution < 1.29 is 5.11 Å². The van der Waals surface area contributed by atoms with Gasteiger partial charge in [-0.25, -0.2) is 14.6 Å². The van der Waals surface area contributed by atoms with Crippen molar-refractivity contribution in [1.82, 2.24) is 24.6 Å². The smallest absolute Gasteiger partial charge is 0.250 e. The van der Waals surface area contributed by atoms with Crippen LogP contribution in [0.25, 0.3) is 12.0 Å².